The van der Waals surface area contributed by atoms with Crippen LogP contribution in [0, 0.1) is 0 Å². The molecule has 2 aliphatic rings. The molecule has 3 unspecified atom stereocenters. The number of ether oxygens (including phenoxy) is 1. The maximum atomic E-state index is 14.2. The van der Waals surface area contributed by atoms with Gasteiger partial charge in [0, 0.05) is 0 Å². The van der Waals surface area contributed by atoms with E-state index < -0.39 is 175 Å². The van der Waals surface area contributed by atoms with Gasteiger partial charge in [0.05, 0.1) is 37.0 Å². The number of aliphatic hydroxyl groups is 4. The van der Waals surface area contributed by atoms with Crippen LogP contribution in [0.25, 0.3) is 0 Å². The number of nitrogens with zero attached hydrogens (tertiary/aromatic N) is 1. The van der Waals surface area contributed by atoms with E-state index >= 15 is 0 Å². The van der Waals surface area contributed by atoms with Gasteiger partial charge in [-0.05, 0) is 72.0 Å². The number of aliphatic hydroxyl groups excluding tert-OH is 4. The number of alkyl halides is 1. The molecule has 2 fully saturated rings. The summed E-state index contributed by atoms with van der Waals surface area (Å²) in [5, 5.41) is 70.3. The number of nitrogens with two attached hydrogens (primary N) is 3. The number of carbonyl (C=O) groups excluding carboxylic acids is 11. The number of carboxylic acid groups (broad SMARTS) is 1. The van der Waals surface area contributed by atoms with Crippen molar-refractivity contribution in [1.82, 2.24) is 47.4 Å². The summed E-state index contributed by atoms with van der Waals surface area (Å²) >= 11 is 5.86. The Labute approximate surface area is 480 Å². The molecule has 19 N–H and O–H groups in total. The van der Waals surface area contributed by atoms with Gasteiger partial charge < -0.3 is 90.0 Å². The third-order valence-electron chi connectivity index (χ3n) is 13.4. The van der Waals surface area contributed by atoms with Crippen LogP contribution in [0.5, 0.6) is 0 Å². The van der Waals surface area contributed by atoms with Crippen LogP contribution in [0.15, 0.2) is 11.8 Å². The number of fused-ring (bicyclic) bond motifs is 2. The van der Waals surface area contributed by atoms with Crippen molar-refractivity contribution >= 4 is 82.6 Å². The molecule has 0 aromatic carbocycles. The van der Waals surface area contributed by atoms with Crippen molar-refractivity contribution in [1.29, 1.82) is 0 Å². The van der Waals surface area contributed by atoms with Crippen molar-refractivity contribution in [2.75, 3.05) is 32.1 Å². The number of cyclic esters (lactones) is 1. The van der Waals surface area contributed by atoms with Gasteiger partial charge in [0.2, 0.25) is 47.3 Å². The highest BCUT2D eigenvalue weighted by molar-refractivity contribution is 6.18. The maximum Gasteiger partial charge on any atom is 0.335 e. The van der Waals surface area contributed by atoms with E-state index in [1.165, 1.54) is 6.92 Å². The first kappa shape index (κ1) is 71.7. The minimum absolute atomic E-state index is 0.132. The number of carbonyl (C=O) groups is 12. The quantitative estimate of drug-likeness (QED) is 0.0127. The fraction of sp³-hybridized carbons (Fsp3) is 0.725. The fourth-order valence-electron chi connectivity index (χ4n) is 8.76. The molecule has 2 bridgehead atoms. The second kappa shape index (κ2) is 37.6. The summed E-state index contributed by atoms with van der Waals surface area (Å²) in [5.74, 6) is -16.6. The standard InChI is InChI=1S/C51H85ClN12O18/c1-4-6-7-8-9-10-11-12-13-16-28(66)23-36(68)56-33-26-82-51(81)39(35(67)25-52)62-48(77)40(41(70)50(79)80)63-42(71)29(5-2)57-47(76)38(27(3)65)61-44(73)31(19-22-55)59-46(75)34(17-14-15-20-53)64-37(69)24-32(49(64)78)60-43(72)30(18-21-54)58-45(33)74/h5,27-28,30-35,38-41,65-67,70H,4,6-26,53-55H2,1-3H3,(H,56,68)(H,57,76)(H,58,74)(H,59,75)(H,60,72)(H,61,73)(H,62,77)(H,63,71)(H,79,80)/b29-5+/t27-,28+,30+,31-,32-,33-,34-,35?,38?,39-,40?,41-/m0/s1. The van der Waals surface area contributed by atoms with Crippen LogP contribution in [-0.2, 0) is 62.3 Å². The fourth-order valence-corrected chi connectivity index (χ4v) is 8.93. The van der Waals surface area contributed by atoms with Crippen molar-refractivity contribution < 1.29 is 87.8 Å². The third-order valence-corrected chi connectivity index (χ3v) is 13.7. The van der Waals surface area contributed by atoms with Gasteiger partial charge in [-0.15, -0.1) is 11.6 Å². The second-order valence-corrected chi connectivity index (χ2v) is 20.3. The topological polar surface area (TPSA) is 493 Å². The van der Waals surface area contributed by atoms with Crippen molar-refractivity contribution in [3.8, 4) is 0 Å². The number of hydrogen-bond acceptors (Lipinski definition) is 20. The van der Waals surface area contributed by atoms with E-state index in [2.05, 4.69) is 38.8 Å². The highest BCUT2D eigenvalue weighted by Crippen LogP contribution is 2.22. The molecule has 0 aliphatic carbocycles. The Morgan fingerprint density at radius 3 is 1.82 bits per heavy atom. The Hall–Kier alpha value is -6.41. The number of hydrogen-bond donors (Lipinski definition) is 16. The van der Waals surface area contributed by atoms with Crippen LogP contribution in [0.1, 0.15) is 130 Å². The minimum Gasteiger partial charge on any atom is -0.479 e. The molecule has 82 heavy (non-hydrogen) atoms. The number of unbranched alkanes of at least 4 members (excludes halogenated alkanes) is 9. The Kier molecular flexibility index (Phi) is 32.9. The number of allylic oxidation sites excluding steroid dienone is 1. The first-order valence-corrected chi connectivity index (χ1v) is 28.2. The number of carboxylic acids is 1. The van der Waals surface area contributed by atoms with Crippen LogP contribution in [0.2, 0.25) is 0 Å². The zero-order valence-corrected chi connectivity index (χ0v) is 47.4. The molecule has 12 atom stereocenters. The lowest BCUT2D eigenvalue weighted by molar-refractivity contribution is -0.155. The average Bonchev–Trinajstić information content (AvgIpc) is 3.71. The molecule has 2 aliphatic heterocycles. The molecule has 0 aromatic heterocycles. The number of halogens is 1. The van der Waals surface area contributed by atoms with Gasteiger partial charge in [-0.2, -0.15) is 0 Å². The summed E-state index contributed by atoms with van der Waals surface area (Å²) in [4.78, 5) is 165. The number of imide groups is 1. The average molecular weight is 1190 g/mol. The monoisotopic (exact) mass is 1190 g/mol. The van der Waals surface area contributed by atoms with Crippen LogP contribution in [0.3, 0.4) is 0 Å². The zero-order chi connectivity index (χ0) is 61.6. The van der Waals surface area contributed by atoms with E-state index in [0.717, 1.165) is 64.4 Å². The number of esters is 1. The molecule has 30 nitrogen and oxygen atoms in total. The van der Waals surface area contributed by atoms with Gasteiger partial charge in [-0.3, -0.25) is 52.8 Å². The van der Waals surface area contributed by atoms with Gasteiger partial charge in [0.1, 0.15) is 54.6 Å². The Morgan fingerprint density at radius 2 is 1.27 bits per heavy atom. The molecule has 0 radical (unpaired) electrons. The van der Waals surface area contributed by atoms with Crippen LogP contribution in [0.4, 0.5) is 0 Å². The molecule has 0 saturated carbocycles. The molecular weight excluding hydrogens is 1100 g/mol. The van der Waals surface area contributed by atoms with E-state index in [4.69, 9.17) is 33.5 Å². The van der Waals surface area contributed by atoms with Crippen molar-refractivity contribution in [3.05, 3.63) is 11.8 Å². The Balaban J connectivity index is 2.73. The minimum atomic E-state index is -2.82. The lowest BCUT2D eigenvalue weighted by Gasteiger charge is -2.29. The number of aliphatic carboxylic acids is 1. The molecular formula is C51H85ClN12O18. The molecule has 31 heteroatoms. The lowest BCUT2D eigenvalue weighted by Crippen LogP contribution is -2.62. The molecule has 0 aromatic rings. The molecule has 2 heterocycles. The Bertz CT molecular complexity index is 2230. The highest BCUT2D eigenvalue weighted by atomic mass is 35.5. The summed E-state index contributed by atoms with van der Waals surface area (Å²) in [7, 11) is 0. The first-order valence-electron chi connectivity index (χ1n) is 27.6. The smallest absolute Gasteiger partial charge is 0.335 e. The molecule has 464 valence electrons. The van der Waals surface area contributed by atoms with Gasteiger partial charge in [-0.25, -0.2) is 9.59 Å². The number of rotatable bonds is 26. The molecule has 0 spiro atoms. The predicted molar refractivity (Wildman–Crippen MR) is 291 cm³/mol. The largest absolute Gasteiger partial charge is 0.479 e. The summed E-state index contributed by atoms with van der Waals surface area (Å²) in [6.07, 6.45) is 0.396. The lowest BCUT2D eigenvalue weighted by atomic mass is 10.0. The summed E-state index contributed by atoms with van der Waals surface area (Å²) < 4.78 is 5.29. The predicted octanol–water partition coefficient (Wildman–Crippen LogP) is -4.99. The number of nitrogens with one attached hydrogen (secondary N) is 8. The second-order valence-electron chi connectivity index (χ2n) is 20.0. The van der Waals surface area contributed by atoms with E-state index in [-0.39, 0.29) is 51.7 Å². The molecule has 2 rings (SSSR count). The van der Waals surface area contributed by atoms with E-state index in [1.54, 1.807) is 0 Å². The van der Waals surface area contributed by atoms with Crippen molar-refractivity contribution in [3.63, 3.8) is 0 Å². The highest BCUT2D eigenvalue weighted by Gasteiger charge is 2.47. The Morgan fingerprint density at radius 1 is 0.695 bits per heavy atom. The van der Waals surface area contributed by atoms with E-state index in [9.17, 15) is 83.1 Å². The van der Waals surface area contributed by atoms with Crippen LogP contribution in [-0.4, -0.2) is 206 Å². The zero-order valence-electron chi connectivity index (χ0n) is 46.7. The van der Waals surface area contributed by atoms with E-state index in [0.29, 0.717) is 17.7 Å². The van der Waals surface area contributed by atoms with Gasteiger partial charge >= 0.3 is 11.9 Å². The maximum absolute atomic E-state index is 14.2. The summed E-state index contributed by atoms with van der Waals surface area (Å²) in [6, 6.07) is -15.3. The van der Waals surface area contributed by atoms with Gasteiger partial charge in [0.15, 0.2) is 12.1 Å². The SMILES string of the molecule is C/C=C1/NC(=O)C([C@H](C)O)NC(=O)[C@H](CCN)NC(=O)[C@H](CCCCN)N2C(=O)C[C@H](NC(=O)[C@@H](CCN)NC(=O)[C@@H](NC(=O)C[C@H](O)CCCCCCCCCCC)COC(=O)[C@H](C(O)CCl)NC(=O)C([C@H](O)C(=O)O)NC1=O)C2=O. The normalized spacial score (nSPS) is 25.4. The third kappa shape index (κ3) is 23.5. The van der Waals surface area contributed by atoms with Gasteiger partial charge in [0.25, 0.3) is 11.8 Å². The first-order chi connectivity index (χ1) is 38.9. The summed E-state index contributed by atoms with van der Waals surface area (Å²) in [5.41, 5.74) is 16.5. The van der Waals surface area contributed by atoms with E-state index in [1.807, 2.05) is 10.6 Å². The van der Waals surface area contributed by atoms with Crippen LogP contribution >= 0.6 is 11.6 Å². The molecule has 2 saturated heterocycles. The number of amides is 10. The van der Waals surface area contributed by atoms with Gasteiger partial charge in [-0.1, -0.05) is 70.8 Å². The van der Waals surface area contributed by atoms with Crippen molar-refractivity contribution in [2.45, 2.75) is 203 Å². The van der Waals surface area contributed by atoms with Crippen molar-refractivity contribution in [2.24, 2.45) is 17.2 Å². The van der Waals surface area contributed by atoms with Crippen LogP contribution < -0.4 is 59.7 Å². The summed E-state index contributed by atoms with van der Waals surface area (Å²) in [6.45, 7) is 2.77. The molecule has 10 amide bonds.